The van der Waals surface area contributed by atoms with Crippen LogP contribution in [0.1, 0.15) is 39.2 Å². The summed E-state index contributed by atoms with van der Waals surface area (Å²) < 4.78 is 29.6. The van der Waals surface area contributed by atoms with E-state index in [1.807, 2.05) is 0 Å². The zero-order chi connectivity index (χ0) is 19.5. The summed E-state index contributed by atoms with van der Waals surface area (Å²) in [5.74, 6) is -3.18. The number of aliphatic hydroxyl groups is 1. The Kier molecular flexibility index (Phi) is 6.07. The van der Waals surface area contributed by atoms with Gasteiger partial charge in [-0.25, -0.2) is 4.39 Å². The van der Waals surface area contributed by atoms with Gasteiger partial charge >= 0.3 is 11.9 Å². The zero-order valence-electron chi connectivity index (χ0n) is 15.0. The number of benzene rings is 1. The molecule has 0 amide bonds. The number of aliphatic hydroxyl groups excluding tert-OH is 1. The highest BCUT2D eigenvalue weighted by atomic mass is 19.1. The van der Waals surface area contributed by atoms with Gasteiger partial charge in [0.2, 0.25) is 12.5 Å². The van der Waals surface area contributed by atoms with E-state index >= 15 is 0 Å². The Morgan fingerprint density at radius 3 is 2.62 bits per heavy atom. The zero-order valence-corrected chi connectivity index (χ0v) is 15.0. The molecule has 2 N–H and O–H groups in total. The molecule has 2 rings (SSSR count). The van der Waals surface area contributed by atoms with Gasteiger partial charge in [0.25, 0.3) is 0 Å². The third kappa shape index (κ3) is 5.32. The predicted molar refractivity (Wildman–Crippen MR) is 88.4 cm³/mol. The average Bonchev–Trinajstić information content (AvgIpc) is 2.97. The molecule has 1 aromatic carbocycles. The topological polar surface area (TPSA) is 102 Å². The largest absolute Gasteiger partial charge is 0.481 e. The van der Waals surface area contributed by atoms with Gasteiger partial charge in [0.15, 0.2) is 11.6 Å². The smallest absolute Gasteiger partial charge is 0.312 e. The van der Waals surface area contributed by atoms with Crippen molar-refractivity contribution < 1.29 is 38.4 Å². The monoisotopic (exact) mass is 370 g/mol. The Morgan fingerprint density at radius 1 is 1.31 bits per heavy atom. The Morgan fingerprint density at radius 2 is 2.00 bits per heavy atom. The number of fused-ring (bicyclic) bond motifs is 1. The van der Waals surface area contributed by atoms with Crippen LogP contribution < -0.4 is 9.47 Å². The van der Waals surface area contributed by atoms with Gasteiger partial charge in [-0.15, -0.1) is 0 Å². The third-order valence-electron chi connectivity index (χ3n) is 3.77. The first kappa shape index (κ1) is 20.0. The molecular formula is C18H23FO7. The van der Waals surface area contributed by atoms with Crippen LogP contribution in [-0.2, 0) is 20.7 Å². The minimum Gasteiger partial charge on any atom is -0.481 e. The van der Waals surface area contributed by atoms with Gasteiger partial charge < -0.3 is 24.4 Å². The van der Waals surface area contributed by atoms with Crippen molar-refractivity contribution in [3.05, 3.63) is 23.5 Å². The van der Waals surface area contributed by atoms with E-state index in [9.17, 15) is 19.1 Å². The standard InChI is InChI=1S/C18H23FO7/c1-18(2,3)26-17(23)11(13(20)4-5-15(21)22)6-10-7-12(19)16-14(8-10)24-9-25-16/h7-8,11,13,20H,4-6,9H2,1-3H3,(H,21,22)/t11-,13-/m0/s1. The maximum atomic E-state index is 14.1. The van der Waals surface area contributed by atoms with E-state index in [-0.39, 0.29) is 37.6 Å². The van der Waals surface area contributed by atoms with Crippen LogP contribution in [-0.4, -0.2) is 40.6 Å². The van der Waals surface area contributed by atoms with Gasteiger partial charge in [0, 0.05) is 6.42 Å². The lowest BCUT2D eigenvalue weighted by Crippen LogP contribution is -2.36. The summed E-state index contributed by atoms with van der Waals surface area (Å²) in [6.07, 6.45) is -1.68. The summed E-state index contributed by atoms with van der Waals surface area (Å²) in [5.41, 5.74) is -0.362. The molecule has 0 saturated carbocycles. The van der Waals surface area contributed by atoms with Crippen LogP contribution in [0.25, 0.3) is 0 Å². The molecule has 0 unspecified atom stereocenters. The van der Waals surface area contributed by atoms with Crippen LogP contribution in [0.5, 0.6) is 11.5 Å². The molecule has 0 radical (unpaired) electrons. The number of hydrogen-bond donors (Lipinski definition) is 2. The second-order valence-electron chi connectivity index (χ2n) is 7.16. The maximum absolute atomic E-state index is 14.1. The van der Waals surface area contributed by atoms with Crippen molar-refractivity contribution in [3.63, 3.8) is 0 Å². The normalized spacial score (nSPS) is 15.4. The number of hydrogen-bond acceptors (Lipinski definition) is 6. The number of rotatable bonds is 7. The van der Waals surface area contributed by atoms with Gasteiger partial charge in [-0.3, -0.25) is 9.59 Å². The molecule has 8 heteroatoms. The van der Waals surface area contributed by atoms with Gasteiger partial charge in [-0.05, 0) is 51.3 Å². The van der Waals surface area contributed by atoms with Crippen LogP contribution in [0.15, 0.2) is 12.1 Å². The molecule has 1 heterocycles. The van der Waals surface area contributed by atoms with Crippen molar-refractivity contribution in [1.82, 2.24) is 0 Å². The van der Waals surface area contributed by atoms with E-state index in [1.165, 1.54) is 12.1 Å². The van der Waals surface area contributed by atoms with Crippen LogP contribution in [0.2, 0.25) is 0 Å². The second-order valence-corrected chi connectivity index (χ2v) is 7.16. The van der Waals surface area contributed by atoms with Gasteiger partial charge in [0.05, 0.1) is 12.0 Å². The fourth-order valence-electron chi connectivity index (χ4n) is 2.62. The summed E-state index contributed by atoms with van der Waals surface area (Å²) in [6, 6.07) is 2.74. The lowest BCUT2D eigenvalue weighted by Gasteiger charge is -2.26. The van der Waals surface area contributed by atoms with Gasteiger partial charge in [0.1, 0.15) is 5.60 Å². The quantitative estimate of drug-likeness (QED) is 0.710. The molecule has 7 nitrogen and oxygen atoms in total. The predicted octanol–water partition coefficient (Wildman–Crippen LogP) is 2.28. The molecule has 1 aliphatic rings. The van der Waals surface area contributed by atoms with Gasteiger partial charge in [-0.2, -0.15) is 0 Å². The van der Waals surface area contributed by atoms with E-state index in [2.05, 4.69) is 0 Å². The Bertz CT molecular complexity index is 681. The van der Waals surface area contributed by atoms with Crippen molar-refractivity contribution >= 4 is 11.9 Å². The maximum Gasteiger partial charge on any atom is 0.312 e. The Balaban J connectivity index is 2.21. The fourth-order valence-corrected chi connectivity index (χ4v) is 2.62. The van der Waals surface area contributed by atoms with E-state index in [4.69, 9.17) is 19.3 Å². The average molecular weight is 370 g/mol. The van der Waals surface area contributed by atoms with Crippen molar-refractivity contribution in [2.45, 2.75) is 51.7 Å². The van der Waals surface area contributed by atoms with E-state index in [0.717, 1.165) is 0 Å². The van der Waals surface area contributed by atoms with Crippen LogP contribution >= 0.6 is 0 Å². The first-order chi connectivity index (χ1) is 12.1. The summed E-state index contributed by atoms with van der Waals surface area (Å²) >= 11 is 0. The third-order valence-corrected chi connectivity index (χ3v) is 3.77. The Hall–Kier alpha value is -2.35. The number of carbonyl (C=O) groups excluding carboxylic acids is 1. The molecule has 2 atom stereocenters. The lowest BCUT2D eigenvalue weighted by atomic mass is 9.91. The molecule has 0 spiro atoms. The highest BCUT2D eigenvalue weighted by Crippen LogP contribution is 2.36. The fraction of sp³-hybridized carbons (Fsp3) is 0.556. The Labute approximate surface area is 150 Å². The number of esters is 1. The molecule has 0 aromatic heterocycles. The van der Waals surface area contributed by atoms with Crippen molar-refractivity contribution in [2.75, 3.05) is 6.79 Å². The molecule has 0 fully saturated rings. The molecule has 0 aliphatic carbocycles. The van der Waals surface area contributed by atoms with Crippen LogP contribution in [0, 0.1) is 11.7 Å². The van der Waals surface area contributed by atoms with Crippen LogP contribution in [0.3, 0.4) is 0 Å². The molecule has 0 saturated heterocycles. The minimum atomic E-state index is -1.24. The van der Waals surface area contributed by atoms with E-state index in [0.29, 0.717) is 5.56 Å². The van der Waals surface area contributed by atoms with E-state index < -0.39 is 35.4 Å². The van der Waals surface area contributed by atoms with Crippen LogP contribution in [0.4, 0.5) is 4.39 Å². The van der Waals surface area contributed by atoms with Crippen molar-refractivity contribution in [3.8, 4) is 11.5 Å². The van der Waals surface area contributed by atoms with E-state index in [1.54, 1.807) is 20.8 Å². The summed E-state index contributed by atoms with van der Waals surface area (Å²) in [5, 5.41) is 19.1. The number of carboxylic acids is 1. The summed E-state index contributed by atoms with van der Waals surface area (Å²) in [4.78, 5) is 23.2. The molecule has 1 aliphatic heterocycles. The number of carboxylic acid groups (broad SMARTS) is 1. The molecule has 26 heavy (non-hydrogen) atoms. The molecular weight excluding hydrogens is 347 g/mol. The highest BCUT2D eigenvalue weighted by Gasteiger charge is 2.32. The number of aliphatic carboxylic acids is 1. The summed E-state index contributed by atoms with van der Waals surface area (Å²) in [6.45, 7) is 4.97. The highest BCUT2D eigenvalue weighted by molar-refractivity contribution is 5.74. The SMILES string of the molecule is CC(C)(C)OC(=O)[C@@H](Cc1cc(F)c2c(c1)OCO2)[C@@H](O)CCC(=O)O. The van der Waals surface area contributed by atoms with Gasteiger partial charge in [-0.1, -0.05) is 0 Å². The van der Waals surface area contributed by atoms with Crippen molar-refractivity contribution in [1.29, 1.82) is 0 Å². The molecule has 144 valence electrons. The minimum absolute atomic E-state index is 0.00833. The lowest BCUT2D eigenvalue weighted by molar-refractivity contribution is -0.164. The number of ether oxygens (including phenoxy) is 3. The summed E-state index contributed by atoms with van der Waals surface area (Å²) in [7, 11) is 0. The first-order valence-electron chi connectivity index (χ1n) is 8.27. The number of carbonyl (C=O) groups is 2. The first-order valence-corrected chi connectivity index (χ1v) is 8.27. The second kappa shape index (κ2) is 7.90. The van der Waals surface area contributed by atoms with Crippen molar-refractivity contribution in [2.24, 2.45) is 5.92 Å². The molecule has 0 bridgehead atoms. The number of halogens is 1. The molecule has 1 aromatic rings.